The average molecular weight is 269 g/mol. The molecule has 1 rings (SSSR count). The normalized spacial score (nSPS) is 20.4. The van der Waals surface area contributed by atoms with Crippen molar-refractivity contribution in [1.82, 2.24) is 4.90 Å². The van der Waals surface area contributed by atoms with Gasteiger partial charge < -0.3 is 14.4 Å². The maximum absolute atomic E-state index is 12.1. The highest BCUT2D eigenvalue weighted by Crippen LogP contribution is 2.22. The van der Waals surface area contributed by atoms with Crippen LogP contribution in [0.2, 0.25) is 0 Å². The number of nitrogens with zero attached hydrogens (tertiary/aromatic N) is 1. The number of hydrogen-bond donors (Lipinski definition) is 0. The van der Waals surface area contributed by atoms with E-state index in [-0.39, 0.29) is 18.1 Å². The zero-order valence-electron chi connectivity index (χ0n) is 12.4. The van der Waals surface area contributed by atoms with Crippen LogP contribution >= 0.6 is 0 Å². The molecule has 0 N–H and O–H groups in total. The lowest BCUT2D eigenvalue weighted by molar-refractivity contribution is -0.136. The van der Waals surface area contributed by atoms with E-state index in [1.165, 1.54) is 7.11 Å². The lowest BCUT2D eigenvalue weighted by Crippen LogP contribution is -2.39. The minimum Gasteiger partial charge on any atom is -0.466 e. The van der Waals surface area contributed by atoms with Crippen molar-refractivity contribution in [2.24, 2.45) is 0 Å². The quantitative estimate of drug-likeness (QED) is 0.571. The Morgan fingerprint density at radius 1 is 1.32 bits per heavy atom. The second-order valence-corrected chi connectivity index (χ2v) is 5.72. The van der Waals surface area contributed by atoms with Gasteiger partial charge in [0.15, 0.2) is 0 Å². The Morgan fingerprint density at radius 3 is 2.47 bits per heavy atom. The van der Waals surface area contributed by atoms with Gasteiger partial charge in [-0.1, -0.05) is 6.08 Å². The van der Waals surface area contributed by atoms with Gasteiger partial charge in [-0.3, -0.25) is 0 Å². The van der Waals surface area contributed by atoms with Crippen LogP contribution < -0.4 is 0 Å². The highest BCUT2D eigenvalue weighted by atomic mass is 16.6. The van der Waals surface area contributed by atoms with Crippen molar-refractivity contribution in [2.75, 3.05) is 13.7 Å². The minimum atomic E-state index is -0.509. The van der Waals surface area contributed by atoms with Crippen LogP contribution in [0.15, 0.2) is 11.6 Å². The van der Waals surface area contributed by atoms with Gasteiger partial charge in [0, 0.05) is 12.1 Å². The molecule has 0 spiro atoms. The Labute approximate surface area is 114 Å². The fourth-order valence-electron chi connectivity index (χ4n) is 2.03. The van der Waals surface area contributed by atoms with E-state index in [9.17, 15) is 9.59 Å². The first kappa shape index (κ1) is 15.5. The van der Waals surface area contributed by atoms with Gasteiger partial charge in [0.25, 0.3) is 0 Å². The number of carbonyl (C=O) groups is 2. The average Bonchev–Trinajstić information content (AvgIpc) is 2.73. The maximum atomic E-state index is 12.1. The van der Waals surface area contributed by atoms with Crippen LogP contribution in [-0.4, -0.2) is 42.3 Å². The van der Waals surface area contributed by atoms with E-state index >= 15 is 0 Å². The molecular formula is C14H23NO4. The number of carbonyl (C=O) groups excluding carboxylic acids is 2. The second-order valence-electron chi connectivity index (χ2n) is 5.72. The van der Waals surface area contributed by atoms with E-state index in [0.717, 1.165) is 12.8 Å². The van der Waals surface area contributed by atoms with E-state index in [2.05, 4.69) is 4.74 Å². The second kappa shape index (κ2) is 6.08. The van der Waals surface area contributed by atoms with Gasteiger partial charge in [0.1, 0.15) is 5.60 Å². The predicted octanol–water partition coefficient (Wildman–Crippen LogP) is 2.51. The summed E-state index contributed by atoms with van der Waals surface area (Å²) in [6.07, 6.45) is 3.20. The number of ether oxygens (including phenoxy) is 2. The van der Waals surface area contributed by atoms with Gasteiger partial charge in [-0.25, -0.2) is 9.59 Å². The number of methoxy groups -OCH3 is 1. The first-order valence-electron chi connectivity index (χ1n) is 6.51. The van der Waals surface area contributed by atoms with Crippen LogP contribution in [-0.2, 0) is 14.3 Å². The summed E-state index contributed by atoms with van der Waals surface area (Å²) in [4.78, 5) is 25.1. The van der Waals surface area contributed by atoms with Gasteiger partial charge >= 0.3 is 12.1 Å². The standard InChI is InChI=1S/C14H23NO4/c1-10(12(16)18-5)9-11-7-6-8-15(11)13(17)19-14(2,3)4/h9,11H,6-8H2,1-5H3/b10-9+/t11-/m0/s1. The monoisotopic (exact) mass is 269 g/mol. The van der Waals surface area contributed by atoms with Crippen LogP contribution in [0.3, 0.4) is 0 Å². The molecule has 5 nitrogen and oxygen atoms in total. The molecule has 0 aromatic rings. The molecule has 1 amide bonds. The van der Waals surface area contributed by atoms with Crippen molar-refractivity contribution >= 4 is 12.1 Å². The lowest BCUT2D eigenvalue weighted by atomic mass is 10.1. The molecule has 1 atom stereocenters. The molecule has 0 unspecified atom stereocenters. The molecule has 0 radical (unpaired) electrons. The van der Waals surface area contributed by atoms with E-state index < -0.39 is 5.60 Å². The van der Waals surface area contributed by atoms with E-state index in [1.54, 1.807) is 17.9 Å². The third-order valence-electron chi connectivity index (χ3n) is 2.88. The van der Waals surface area contributed by atoms with Crippen LogP contribution in [0, 0.1) is 0 Å². The first-order valence-corrected chi connectivity index (χ1v) is 6.51. The molecule has 5 heteroatoms. The van der Waals surface area contributed by atoms with Gasteiger partial charge in [-0.05, 0) is 40.5 Å². The summed E-state index contributed by atoms with van der Waals surface area (Å²) in [5.41, 5.74) is 0.00803. The van der Waals surface area contributed by atoms with E-state index in [4.69, 9.17) is 4.74 Å². The summed E-state index contributed by atoms with van der Waals surface area (Å²) in [6.45, 7) is 7.87. The summed E-state index contributed by atoms with van der Waals surface area (Å²) in [5.74, 6) is -0.365. The van der Waals surface area contributed by atoms with Crippen molar-refractivity contribution < 1.29 is 19.1 Å². The fourth-order valence-corrected chi connectivity index (χ4v) is 2.03. The predicted molar refractivity (Wildman–Crippen MR) is 71.7 cm³/mol. The lowest BCUT2D eigenvalue weighted by Gasteiger charge is -2.27. The van der Waals surface area contributed by atoms with Gasteiger partial charge in [0.2, 0.25) is 0 Å². The van der Waals surface area contributed by atoms with Gasteiger partial charge in [0.05, 0.1) is 13.2 Å². The molecule has 108 valence electrons. The van der Waals surface area contributed by atoms with Crippen LogP contribution in [0.4, 0.5) is 4.79 Å². The summed E-state index contributed by atoms with van der Waals surface area (Å²) >= 11 is 0. The fraction of sp³-hybridized carbons (Fsp3) is 0.714. The molecule has 1 fully saturated rings. The summed E-state index contributed by atoms with van der Waals surface area (Å²) in [5, 5.41) is 0. The third-order valence-corrected chi connectivity index (χ3v) is 2.88. The van der Waals surface area contributed by atoms with Crippen molar-refractivity contribution in [3.63, 3.8) is 0 Å². The molecule has 0 saturated carbocycles. The van der Waals surface area contributed by atoms with Crippen LogP contribution in [0.25, 0.3) is 0 Å². The SMILES string of the molecule is COC(=O)/C(C)=C/[C@@H]1CCCN1C(=O)OC(C)(C)C. The Balaban J connectivity index is 2.74. The summed E-state index contributed by atoms with van der Waals surface area (Å²) in [7, 11) is 1.35. The summed E-state index contributed by atoms with van der Waals surface area (Å²) < 4.78 is 10.0. The van der Waals surface area contributed by atoms with Gasteiger partial charge in [-0.2, -0.15) is 0 Å². The molecule has 19 heavy (non-hydrogen) atoms. The number of amides is 1. The van der Waals surface area contributed by atoms with Crippen molar-refractivity contribution in [1.29, 1.82) is 0 Å². The van der Waals surface area contributed by atoms with E-state index in [1.807, 2.05) is 20.8 Å². The topological polar surface area (TPSA) is 55.8 Å². The molecule has 0 aromatic heterocycles. The molecule has 1 aliphatic rings. The van der Waals surface area contributed by atoms with Crippen molar-refractivity contribution in [3.05, 3.63) is 11.6 Å². The molecule has 1 heterocycles. The molecule has 0 bridgehead atoms. The largest absolute Gasteiger partial charge is 0.466 e. The highest BCUT2D eigenvalue weighted by Gasteiger charge is 2.31. The number of hydrogen-bond acceptors (Lipinski definition) is 4. The van der Waals surface area contributed by atoms with Gasteiger partial charge in [-0.15, -0.1) is 0 Å². The Morgan fingerprint density at radius 2 is 1.95 bits per heavy atom. The maximum Gasteiger partial charge on any atom is 0.410 e. The smallest absolute Gasteiger partial charge is 0.410 e. The number of likely N-dealkylation sites (tertiary alicyclic amines) is 1. The molecule has 1 aliphatic heterocycles. The van der Waals surface area contributed by atoms with E-state index in [0.29, 0.717) is 12.1 Å². The minimum absolute atomic E-state index is 0.0889. The van der Waals surface area contributed by atoms with Crippen molar-refractivity contribution in [2.45, 2.75) is 52.2 Å². The highest BCUT2D eigenvalue weighted by molar-refractivity contribution is 5.87. The van der Waals surface area contributed by atoms with Crippen LogP contribution in [0.1, 0.15) is 40.5 Å². The molecule has 0 aromatic carbocycles. The Kier molecular flexibility index (Phi) is 4.97. The summed E-state index contributed by atoms with van der Waals surface area (Å²) in [6, 6.07) is -0.0889. The zero-order valence-corrected chi connectivity index (χ0v) is 12.4. The zero-order chi connectivity index (χ0) is 14.6. The van der Waals surface area contributed by atoms with Crippen molar-refractivity contribution in [3.8, 4) is 0 Å². The molecule has 0 aliphatic carbocycles. The number of esters is 1. The van der Waals surface area contributed by atoms with Crippen LogP contribution in [0.5, 0.6) is 0 Å². The Bertz CT molecular complexity index is 381. The number of rotatable bonds is 2. The first-order chi connectivity index (χ1) is 8.74. The Hall–Kier alpha value is -1.52. The third kappa shape index (κ3) is 4.58. The molecule has 1 saturated heterocycles. The molecular weight excluding hydrogens is 246 g/mol.